The van der Waals surface area contributed by atoms with Gasteiger partial charge < -0.3 is 9.88 Å². The third-order valence-corrected chi connectivity index (χ3v) is 5.76. The minimum atomic E-state index is -4.46. The highest BCUT2D eigenvalue weighted by molar-refractivity contribution is 5.99. The van der Waals surface area contributed by atoms with E-state index in [0.717, 1.165) is 17.7 Å². The maximum atomic E-state index is 13.1. The zero-order valence-electron chi connectivity index (χ0n) is 17.8. The lowest BCUT2D eigenvalue weighted by atomic mass is 9.96. The average Bonchev–Trinajstić information content (AvgIpc) is 2.78. The zero-order valence-corrected chi connectivity index (χ0v) is 17.8. The Kier molecular flexibility index (Phi) is 5.69. The van der Waals surface area contributed by atoms with Crippen molar-refractivity contribution in [2.75, 3.05) is 6.54 Å². The van der Waals surface area contributed by atoms with E-state index in [-0.39, 0.29) is 29.3 Å². The molecule has 1 aliphatic rings. The molecular formula is C23H22F3N5O2. The maximum Gasteiger partial charge on any atom is 0.416 e. The fourth-order valence-electron chi connectivity index (χ4n) is 4.09. The summed E-state index contributed by atoms with van der Waals surface area (Å²) >= 11 is 0. The number of amides is 1. The van der Waals surface area contributed by atoms with Gasteiger partial charge in [0.15, 0.2) is 5.49 Å². The number of H-pyrrole nitrogens is 1. The van der Waals surface area contributed by atoms with Crippen molar-refractivity contribution in [1.82, 2.24) is 14.5 Å². The van der Waals surface area contributed by atoms with Gasteiger partial charge in [-0.2, -0.15) is 13.2 Å². The largest absolute Gasteiger partial charge is 0.416 e. The van der Waals surface area contributed by atoms with Crippen LogP contribution in [0.4, 0.5) is 13.2 Å². The number of benzene rings is 2. The van der Waals surface area contributed by atoms with Crippen molar-refractivity contribution < 1.29 is 18.0 Å². The molecule has 1 aliphatic heterocycles. The molecule has 0 saturated heterocycles. The molecule has 2 aromatic carbocycles. The number of nitrogens with zero attached hydrogens (tertiary/aromatic N) is 2. The molecule has 33 heavy (non-hydrogen) atoms. The van der Waals surface area contributed by atoms with Gasteiger partial charge in [-0.05, 0) is 54.3 Å². The van der Waals surface area contributed by atoms with E-state index in [4.69, 9.17) is 10.8 Å². The normalized spacial score (nSPS) is 13.8. The molecule has 0 unspecified atom stereocenters. The predicted molar refractivity (Wildman–Crippen MR) is 116 cm³/mol. The van der Waals surface area contributed by atoms with E-state index in [2.05, 4.69) is 4.98 Å². The van der Waals surface area contributed by atoms with Crippen LogP contribution in [0.2, 0.25) is 0 Å². The fraction of sp³-hybridized carbons (Fsp3) is 0.304. The number of aromatic amines is 1. The van der Waals surface area contributed by atoms with Crippen molar-refractivity contribution in [2.24, 2.45) is 0 Å². The summed E-state index contributed by atoms with van der Waals surface area (Å²) in [7, 11) is 0. The van der Waals surface area contributed by atoms with Gasteiger partial charge in [-0.3, -0.25) is 25.0 Å². The summed E-state index contributed by atoms with van der Waals surface area (Å²) in [6.45, 7) is 2.30. The summed E-state index contributed by atoms with van der Waals surface area (Å²) in [5.41, 5.74) is 0.446. The van der Waals surface area contributed by atoms with Crippen molar-refractivity contribution in [3.63, 3.8) is 0 Å². The van der Waals surface area contributed by atoms with Crippen LogP contribution >= 0.6 is 0 Å². The average molecular weight is 457 g/mol. The quantitative estimate of drug-likeness (QED) is 0.413. The van der Waals surface area contributed by atoms with Crippen LogP contribution in [0.1, 0.15) is 46.8 Å². The SMILES string of the molecule is CCCC(=N)n1c(=N)c(=O)[nH]c2cc(C(=O)N3CCc4ccc(C(F)(F)F)cc4C3)ccc21. The van der Waals surface area contributed by atoms with Crippen LogP contribution in [0.5, 0.6) is 0 Å². The van der Waals surface area contributed by atoms with E-state index in [0.29, 0.717) is 42.4 Å². The van der Waals surface area contributed by atoms with E-state index in [1.807, 2.05) is 6.92 Å². The summed E-state index contributed by atoms with van der Waals surface area (Å²) in [5.74, 6) is -0.267. The maximum absolute atomic E-state index is 13.1. The third kappa shape index (κ3) is 4.20. The zero-order chi connectivity index (χ0) is 23.9. The lowest BCUT2D eigenvalue weighted by Gasteiger charge is -2.29. The van der Waals surface area contributed by atoms with Gasteiger partial charge in [-0.1, -0.05) is 13.0 Å². The molecule has 0 fully saturated rings. The number of hydrogen-bond donors (Lipinski definition) is 3. The van der Waals surface area contributed by atoms with Gasteiger partial charge in [0.05, 0.1) is 16.6 Å². The second-order valence-electron chi connectivity index (χ2n) is 8.02. The van der Waals surface area contributed by atoms with Gasteiger partial charge in [-0.25, -0.2) is 0 Å². The molecule has 0 saturated carbocycles. The Balaban J connectivity index is 1.68. The van der Waals surface area contributed by atoms with Gasteiger partial charge in [0, 0.05) is 25.1 Å². The first-order valence-electron chi connectivity index (χ1n) is 10.5. The van der Waals surface area contributed by atoms with E-state index < -0.39 is 17.3 Å². The van der Waals surface area contributed by atoms with Crippen molar-refractivity contribution in [3.05, 3.63) is 74.5 Å². The van der Waals surface area contributed by atoms with Gasteiger partial charge in [0.1, 0.15) is 5.84 Å². The van der Waals surface area contributed by atoms with Crippen LogP contribution in [0.15, 0.2) is 41.2 Å². The summed E-state index contributed by atoms with van der Waals surface area (Å²) in [5, 5.41) is 16.3. The second kappa shape index (κ2) is 8.34. The minimum absolute atomic E-state index is 0.0550. The molecule has 0 radical (unpaired) electrons. The number of carbonyl (C=O) groups excluding carboxylic acids is 1. The smallest absolute Gasteiger partial charge is 0.334 e. The standard InChI is InChI=1S/C23H22F3N5O2/c1-2-3-19(27)31-18-7-5-14(11-17(18)29-21(32)20(31)28)22(33)30-9-8-13-4-6-16(23(24,25)26)10-15(13)12-30/h4-7,10-11,27-28H,2-3,8-9,12H2,1H3,(H,29,32). The first-order chi connectivity index (χ1) is 15.6. The van der Waals surface area contributed by atoms with E-state index in [1.54, 1.807) is 12.1 Å². The Morgan fingerprint density at radius 1 is 1.15 bits per heavy atom. The topological polar surface area (TPSA) is 106 Å². The van der Waals surface area contributed by atoms with Crippen molar-refractivity contribution >= 4 is 22.8 Å². The number of halogens is 3. The number of fused-ring (bicyclic) bond motifs is 2. The van der Waals surface area contributed by atoms with Gasteiger partial charge in [0.25, 0.3) is 11.5 Å². The molecular weight excluding hydrogens is 435 g/mol. The number of carbonyl (C=O) groups is 1. The number of aromatic nitrogens is 2. The molecule has 7 nitrogen and oxygen atoms in total. The van der Waals surface area contributed by atoms with Crippen LogP contribution < -0.4 is 11.0 Å². The van der Waals surface area contributed by atoms with Crippen molar-refractivity contribution in [1.29, 1.82) is 10.8 Å². The van der Waals surface area contributed by atoms with Crippen LogP contribution in [0, 0.1) is 10.8 Å². The Labute approximate surface area is 186 Å². The van der Waals surface area contributed by atoms with Crippen LogP contribution in [0.3, 0.4) is 0 Å². The summed E-state index contributed by atoms with van der Waals surface area (Å²) < 4.78 is 40.5. The summed E-state index contributed by atoms with van der Waals surface area (Å²) in [6, 6.07) is 8.20. The number of alkyl halides is 3. The summed E-state index contributed by atoms with van der Waals surface area (Å²) in [4.78, 5) is 29.4. The molecule has 10 heteroatoms. The first kappa shape index (κ1) is 22.5. The molecule has 0 aliphatic carbocycles. The monoisotopic (exact) mass is 457 g/mol. The molecule has 1 amide bonds. The molecule has 0 bridgehead atoms. The highest BCUT2D eigenvalue weighted by atomic mass is 19.4. The third-order valence-electron chi connectivity index (χ3n) is 5.76. The van der Waals surface area contributed by atoms with Crippen LogP contribution in [-0.2, 0) is 19.1 Å². The Morgan fingerprint density at radius 2 is 1.91 bits per heavy atom. The Hall–Kier alpha value is -3.69. The molecule has 172 valence electrons. The molecule has 0 spiro atoms. The van der Waals surface area contributed by atoms with Gasteiger partial charge in [-0.15, -0.1) is 0 Å². The molecule has 4 rings (SSSR count). The van der Waals surface area contributed by atoms with E-state index >= 15 is 0 Å². The highest BCUT2D eigenvalue weighted by Gasteiger charge is 2.32. The number of hydrogen-bond acceptors (Lipinski definition) is 4. The first-order valence-corrected chi connectivity index (χ1v) is 10.5. The Morgan fingerprint density at radius 3 is 2.61 bits per heavy atom. The Bertz CT molecular complexity index is 1390. The lowest BCUT2D eigenvalue weighted by molar-refractivity contribution is -0.137. The fourth-order valence-corrected chi connectivity index (χ4v) is 4.09. The van der Waals surface area contributed by atoms with Gasteiger partial charge in [0.2, 0.25) is 0 Å². The predicted octanol–water partition coefficient (Wildman–Crippen LogP) is 3.65. The lowest BCUT2D eigenvalue weighted by Crippen LogP contribution is -2.40. The van der Waals surface area contributed by atoms with Crippen LogP contribution in [-0.4, -0.2) is 32.7 Å². The minimum Gasteiger partial charge on any atom is -0.334 e. The van der Waals surface area contributed by atoms with Crippen molar-refractivity contribution in [2.45, 2.75) is 38.9 Å². The van der Waals surface area contributed by atoms with Crippen molar-refractivity contribution in [3.8, 4) is 0 Å². The number of nitrogens with one attached hydrogen (secondary N) is 3. The van der Waals surface area contributed by atoms with Crippen LogP contribution in [0.25, 0.3) is 11.0 Å². The molecule has 3 N–H and O–H groups in total. The summed E-state index contributed by atoms with van der Waals surface area (Å²) in [6.07, 6.45) is -2.96. The van der Waals surface area contributed by atoms with E-state index in [1.165, 1.54) is 21.6 Å². The number of rotatable bonds is 3. The molecule has 0 atom stereocenters. The van der Waals surface area contributed by atoms with E-state index in [9.17, 15) is 22.8 Å². The second-order valence-corrected chi connectivity index (χ2v) is 8.02. The van der Waals surface area contributed by atoms with Gasteiger partial charge >= 0.3 is 6.18 Å². The molecule has 3 aromatic rings. The molecule has 1 aromatic heterocycles. The highest BCUT2D eigenvalue weighted by Crippen LogP contribution is 2.32. The molecule has 2 heterocycles.